The third kappa shape index (κ3) is 5.07. The van der Waals surface area contributed by atoms with E-state index in [1.807, 2.05) is 4.90 Å². The van der Waals surface area contributed by atoms with Crippen molar-refractivity contribution in [1.29, 1.82) is 0 Å². The lowest BCUT2D eigenvalue weighted by Crippen LogP contribution is -2.52. The fourth-order valence-corrected chi connectivity index (χ4v) is 6.31. The van der Waals surface area contributed by atoms with Gasteiger partial charge in [-0.3, -0.25) is 4.79 Å². The van der Waals surface area contributed by atoms with Crippen molar-refractivity contribution in [3.63, 3.8) is 0 Å². The van der Waals surface area contributed by atoms with Crippen LogP contribution in [0.15, 0.2) is 24.3 Å². The molecule has 28 heavy (non-hydrogen) atoms. The van der Waals surface area contributed by atoms with Gasteiger partial charge >= 0.3 is 0 Å². The van der Waals surface area contributed by atoms with Crippen LogP contribution in [0.25, 0.3) is 0 Å². The number of hydrogen-bond acceptors (Lipinski definition) is 4. The molecule has 1 saturated carbocycles. The summed E-state index contributed by atoms with van der Waals surface area (Å²) in [6, 6.07) is 8.47. The Morgan fingerprint density at radius 3 is 2.21 bits per heavy atom. The van der Waals surface area contributed by atoms with E-state index in [1.165, 1.54) is 12.0 Å². The molecule has 0 N–H and O–H groups in total. The van der Waals surface area contributed by atoms with Crippen molar-refractivity contribution in [2.45, 2.75) is 77.4 Å². The van der Waals surface area contributed by atoms with Crippen LogP contribution in [-0.2, 0) is 14.6 Å². The molecule has 1 aromatic rings. The van der Waals surface area contributed by atoms with E-state index in [1.54, 1.807) is 0 Å². The Kier molecular flexibility index (Phi) is 6.69. The maximum Gasteiger partial charge on any atom is 0.242 e. The molecule has 2 fully saturated rings. The minimum absolute atomic E-state index is 0.0725. The second kappa shape index (κ2) is 8.85. The first kappa shape index (κ1) is 21.2. The molecule has 1 heterocycles. The quantitative estimate of drug-likeness (QED) is 0.725. The highest BCUT2D eigenvalue weighted by atomic mass is 32.2. The molecule has 3 rings (SSSR count). The lowest BCUT2D eigenvalue weighted by molar-refractivity contribution is -0.135. The Balaban J connectivity index is 1.81. The molecule has 6 heteroatoms. The third-order valence-electron chi connectivity index (χ3n) is 6.15. The third-order valence-corrected chi connectivity index (χ3v) is 7.90. The van der Waals surface area contributed by atoms with Gasteiger partial charge in [-0.05, 0) is 52.2 Å². The summed E-state index contributed by atoms with van der Waals surface area (Å²) in [7, 11) is -3.02. The van der Waals surface area contributed by atoms with Gasteiger partial charge in [0.15, 0.2) is 9.84 Å². The highest BCUT2D eigenvalue weighted by molar-refractivity contribution is 7.91. The number of anilines is 1. The maximum atomic E-state index is 13.5. The van der Waals surface area contributed by atoms with Crippen LogP contribution in [0.1, 0.15) is 57.9 Å². The van der Waals surface area contributed by atoms with Crippen molar-refractivity contribution < 1.29 is 13.2 Å². The van der Waals surface area contributed by atoms with Gasteiger partial charge in [0.05, 0.1) is 18.1 Å². The van der Waals surface area contributed by atoms with Gasteiger partial charge in [0.1, 0.15) is 0 Å². The molecular formula is C22H34N2O3S. The van der Waals surface area contributed by atoms with Crippen molar-refractivity contribution in [3.8, 4) is 0 Å². The van der Waals surface area contributed by atoms with Crippen LogP contribution < -0.4 is 4.90 Å². The zero-order valence-electron chi connectivity index (χ0n) is 17.4. The van der Waals surface area contributed by atoms with Gasteiger partial charge in [0.25, 0.3) is 0 Å². The van der Waals surface area contributed by atoms with Gasteiger partial charge in [-0.1, -0.05) is 37.0 Å². The number of carbonyl (C=O) groups is 1. The fraction of sp³-hybridized carbons (Fsp3) is 0.682. The van der Waals surface area contributed by atoms with Crippen molar-refractivity contribution in [3.05, 3.63) is 29.8 Å². The molecule has 0 aromatic heterocycles. The van der Waals surface area contributed by atoms with Crippen LogP contribution in [0.3, 0.4) is 0 Å². The summed E-state index contributed by atoms with van der Waals surface area (Å²) < 4.78 is 24.2. The van der Waals surface area contributed by atoms with Gasteiger partial charge in [0, 0.05) is 23.8 Å². The molecule has 0 bridgehead atoms. The number of nitrogens with zero attached hydrogens (tertiary/aromatic N) is 2. The first-order valence-corrected chi connectivity index (χ1v) is 12.4. The number of hydrogen-bond donors (Lipinski definition) is 0. The second-order valence-corrected chi connectivity index (χ2v) is 10.9. The van der Waals surface area contributed by atoms with Gasteiger partial charge in [-0.25, -0.2) is 8.42 Å². The number of benzene rings is 1. The van der Waals surface area contributed by atoms with Crippen LogP contribution in [0.5, 0.6) is 0 Å². The van der Waals surface area contributed by atoms with Crippen LogP contribution in [0.2, 0.25) is 0 Å². The van der Waals surface area contributed by atoms with E-state index in [0.29, 0.717) is 13.0 Å². The molecule has 2 aliphatic rings. The van der Waals surface area contributed by atoms with Crippen molar-refractivity contribution in [1.82, 2.24) is 4.90 Å². The SMILES string of the molecule is Cc1ccc(N(CC(=O)N(C2CCCCC2)C2CCS(=O)(=O)C2)C(C)C)cc1. The van der Waals surface area contributed by atoms with Crippen molar-refractivity contribution >= 4 is 21.4 Å². The number of carbonyl (C=O) groups excluding carboxylic acids is 1. The number of aryl methyl sites for hydroxylation is 1. The summed E-state index contributed by atoms with van der Waals surface area (Å²) >= 11 is 0. The average Bonchev–Trinajstić information content (AvgIpc) is 3.01. The van der Waals surface area contributed by atoms with E-state index in [0.717, 1.165) is 31.4 Å². The standard InChI is InChI=1S/C22H34N2O3S/c1-17(2)23(19-11-9-18(3)10-12-19)15-22(25)24(20-7-5-4-6-8-20)21-13-14-28(26,27)16-21/h9-12,17,20-21H,4-8,13-16H2,1-3H3. The molecule has 1 aromatic carbocycles. The van der Waals surface area contributed by atoms with Gasteiger partial charge in [0.2, 0.25) is 5.91 Å². The summed E-state index contributed by atoms with van der Waals surface area (Å²) in [6.45, 7) is 6.55. The summed E-state index contributed by atoms with van der Waals surface area (Å²) in [4.78, 5) is 17.6. The Labute approximate surface area is 170 Å². The molecule has 5 nitrogen and oxygen atoms in total. The normalized spacial score (nSPS) is 22.4. The van der Waals surface area contributed by atoms with E-state index in [2.05, 4.69) is 49.9 Å². The highest BCUT2D eigenvalue weighted by Crippen LogP contribution is 2.29. The molecule has 156 valence electrons. The van der Waals surface area contributed by atoms with Crippen LogP contribution in [-0.4, -0.2) is 55.4 Å². The maximum absolute atomic E-state index is 13.5. The average molecular weight is 407 g/mol. The van der Waals surface area contributed by atoms with Crippen LogP contribution >= 0.6 is 0 Å². The highest BCUT2D eigenvalue weighted by Gasteiger charge is 2.39. The zero-order chi connectivity index (χ0) is 20.3. The van der Waals surface area contributed by atoms with Crippen LogP contribution in [0.4, 0.5) is 5.69 Å². The first-order valence-electron chi connectivity index (χ1n) is 10.6. The Morgan fingerprint density at radius 2 is 1.68 bits per heavy atom. The molecule has 0 radical (unpaired) electrons. The Bertz CT molecular complexity index is 767. The van der Waals surface area contributed by atoms with E-state index < -0.39 is 9.84 Å². The van der Waals surface area contributed by atoms with E-state index in [9.17, 15) is 13.2 Å². The molecule has 1 aliphatic heterocycles. The Hall–Kier alpha value is -1.56. The number of sulfone groups is 1. The zero-order valence-corrected chi connectivity index (χ0v) is 18.2. The summed E-state index contributed by atoms with van der Waals surface area (Å²) in [5.41, 5.74) is 2.23. The first-order chi connectivity index (χ1) is 13.3. The topological polar surface area (TPSA) is 57.7 Å². The number of rotatable bonds is 6. The second-order valence-electron chi connectivity index (χ2n) is 8.71. The van der Waals surface area contributed by atoms with Gasteiger partial charge in [-0.2, -0.15) is 0 Å². The summed E-state index contributed by atoms with van der Waals surface area (Å²) in [5.74, 6) is 0.407. The van der Waals surface area contributed by atoms with E-state index in [4.69, 9.17) is 0 Å². The molecule has 1 saturated heterocycles. The largest absolute Gasteiger partial charge is 0.360 e. The molecule has 1 atom stereocenters. The minimum Gasteiger partial charge on any atom is -0.360 e. The lowest BCUT2D eigenvalue weighted by atomic mass is 9.92. The fourth-order valence-electron chi connectivity index (χ4n) is 4.60. The molecule has 0 spiro atoms. The van der Waals surface area contributed by atoms with Crippen molar-refractivity contribution in [2.24, 2.45) is 0 Å². The minimum atomic E-state index is -3.02. The van der Waals surface area contributed by atoms with E-state index >= 15 is 0 Å². The predicted octanol–water partition coefficient (Wildman–Crippen LogP) is 3.56. The Morgan fingerprint density at radius 1 is 1.04 bits per heavy atom. The molecule has 1 amide bonds. The molecule has 1 aliphatic carbocycles. The van der Waals surface area contributed by atoms with Crippen LogP contribution in [0, 0.1) is 6.92 Å². The smallest absolute Gasteiger partial charge is 0.242 e. The molecule has 1 unspecified atom stereocenters. The number of amides is 1. The predicted molar refractivity (Wildman–Crippen MR) is 114 cm³/mol. The summed E-state index contributed by atoms with van der Waals surface area (Å²) in [5, 5.41) is 0. The lowest BCUT2D eigenvalue weighted by Gasteiger charge is -2.40. The van der Waals surface area contributed by atoms with Gasteiger partial charge in [-0.15, -0.1) is 0 Å². The van der Waals surface area contributed by atoms with Gasteiger partial charge < -0.3 is 9.80 Å². The monoisotopic (exact) mass is 406 g/mol. The summed E-state index contributed by atoms with van der Waals surface area (Å²) in [6.07, 6.45) is 6.03. The van der Waals surface area contributed by atoms with E-state index in [-0.39, 0.29) is 35.5 Å². The molecular weight excluding hydrogens is 372 g/mol. The van der Waals surface area contributed by atoms with Crippen molar-refractivity contribution in [2.75, 3.05) is 23.0 Å².